The van der Waals surface area contributed by atoms with Crippen molar-refractivity contribution in [3.63, 3.8) is 0 Å². The molecule has 164 valence electrons. The monoisotopic (exact) mass is 449 g/mol. The predicted molar refractivity (Wildman–Crippen MR) is 123 cm³/mol. The molecule has 8 nitrogen and oxygen atoms in total. The Morgan fingerprint density at radius 1 is 0.969 bits per heavy atom. The van der Waals surface area contributed by atoms with Gasteiger partial charge in [0.1, 0.15) is 24.2 Å². The van der Waals surface area contributed by atoms with Gasteiger partial charge in [-0.2, -0.15) is 0 Å². The highest BCUT2D eigenvalue weighted by Gasteiger charge is 2.13. The van der Waals surface area contributed by atoms with Crippen molar-refractivity contribution in [3.8, 4) is 17.4 Å². The molecule has 0 amide bonds. The molecule has 0 fully saturated rings. The number of rotatable bonds is 7. The largest absolute Gasteiger partial charge is 0.439 e. The van der Waals surface area contributed by atoms with Gasteiger partial charge in [0.2, 0.25) is 15.9 Å². The Balaban J connectivity index is 1.44. The maximum atomic E-state index is 12.5. The molecule has 2 heterocycles. The highest BCUT2D eigenvalue weighted by Crippen LogP contribution is 2.24. The van der Waals surface area contributed by atoms with E-state index in [1.165, 1.54) is 6.33 Å². The zero-order valence-corrected chi connectivity index (χ0v) is 18.8. The molecule has 0 saturated heterocycles. The third-order valence-corrected chi connectivity index (χ3v) is 6.18. The summed E-state index contributed by atoms with van der Waals surface area (Å²) < 4.78 is 35.3. The van der Waals surface area contributed by atoms with Crippen LogP contribution in [0.3, 0.4) is 0 Å². The number of nitrogens with one attached hydrogen (secondary N) is 1. The second kappa shape index (κ2) is 8.80. The Bertz CT molecular complexity index is 1350. The molecule has 0 aliphatic rings. The molecule has 2 aromatic carbocycles. The zero-order chi connectivity index (χ0) is 22.7. The van der Waals surface area contributed by atoms with Gasteiger partial charge in [0.05, 0.1) is 11.4 Å². The third kappa shape index (κ3) is 5.12. The Morgan fingerprint density at radius 2 is 1.75 bits per heavy atom. The van der Waals surface area contributed by atoms with E-state index in [0.29, 0.717) is 23.1 Å². The summed E-state index contributed by atoms with van der Waals surface area (Å²) in [5, 5.41) is 0. The first-order chi connectivity index (χ1) is 15.3. The molecule has 0 aliphatic heterocycles. The maximum Gasteiger partial charge on any atom is 0.236 e. The van der Waals surface area contributed by atoms with Crippen molar-refractivity contribution in [1.82, 2.24) is 19.5 Å². The van der Waals surface area contributed by atoms with Crippen LogP contribution in [0.15, 0.2) is 67.3 Å². The van der Waals surface area contributed by atoms with Gasteiger partial charge in [-0.15, -0.1) is 0 Å². The number of anilines is 1. The van der Waals surface area contributed by atoms with Crippen LogP contribution in [0.2, 0.25) is 0 Å². The van der Waals surface area contributed by atoms with E-state index in [9.17, 15) is 8.42 Å². The molecular weight excluding hydrogens is 426 g/mol. The fraction of sp³-hybridized carbons (Fsp3) is 0.174. The van der Waals surface area contributed by atoms with E-state index in [1.54, 1.807) is 42.7 Å². The molecular formula is C23H23N5O3S. The summed E-state index contributed by atoms with van der Waals surface area (Å²) in [6.45, 7) is 5.82. The van der Waals surface area contributed by atoms with Gasteiger partial charge in [0.15, 0.2) is 0 Å². The maximum absolute atomic E-state index is 12.5. The quantitative estimate of drug-likeness (QED) is 0.451. The van der Waals surface area contributed by atoms with Crippen molar-refractivity contribution in [1.29, 1.82) is 0 Å². The number of aromatic nitrogens is 4. The number of sulfonamides is 1. The van der Waals surface area contributed by atoms with Gasteiger partial charge in [-0.05, 0) is 50.6 Å². The number of imidazole rings is 1. The first-order valence-corrected chi connectivity index (χ1v) is 11.6. The fourth-order valence-electron chi connectivity index (χ4n) is 3.20. The van der Waals surface area contributed by atoms with Crippen LogP contribution in [0.5, 0.6) is 11.6 Å². The summed E-state index contributed by atoms with van der Waals surface area (Å²) in [7, 11) is -3.53. The zero-order valence-electron chi connectivity index (χ0n) is 18.0. The van der Waals surface area contributed by atoms with E-state index in [-0.39, 0.29) is 5.75 Å². The van der Waals surface area contributed by atoms with Crippen LogP contribution in [0.25, 0.3) is 5.82 Å². The number of ether oxygens (including phenoxy) is 1. The normalized spacial score (nSPS) is 11.3. The van der Waals surface area contributed by atoms with Crippen molar-refractivity contribution < 1.29 is 13.2 Å². The summed E-state index contributed by atoms with van der Waals surface area (Å²) in [6.07, 6.45) is 3.13. The highest BCUT2D eigenvalue weighted by atomic mass is 32.2. The molecule has 9 heteroatoms. The Morgan fingerprint density at radius 3 is 2.44 bits per heavy atom. The lowest BCUT2D eigenvalue weighted by molar-refractivity contribution is 0.461. The number of nitrogens with zero attached hydrogens (tertiary/aromatic N) is 4. The van der Waals surface area contributed by atoms with Gasteiger partial charge in [0.25, 0.3) is 0 Å². The van der Waals surface area contributed by atoms with Crippen LogP contribution in [-0.4, -0.2) is 27.9 Å². The first-order valence-electron chi connectivity index (χ1n) is 9.96. The van der Waals surface area contributed by atoms with Crippen molar-refractivity contribution in [2.45, 2.75) is 26.5 Å². The third-order valence-electron chi connectivity index (χ3n) is 4.92. The van der Waals surface area contributed by atoms with E-state index in [1.807, 2.05) is 43.5 Å². The van der Waals surface area contributed by atoms with E-state index in [4.69, 9.17) is 4.74 Å². The standard InChI is InChI=1S/C23H23N5O3S/c1-16-5-4-6-19(11-16)13-32(29,30)27-20-7-9-21(10-8-20)31-23-12-22(24-14-25-23)28-15-26-17(2)18(28)3/h4-12,14-15,27H,13H2,1-3H3. The van der Waals surface area contributed by atoms with Gasteiger partial charge in [-0.25, -0.2) is 23.4 Å². The Labute approximate surface area is 187 Å². The lowest BCUT2D eigenvalue weighted by atomic mass is 10.2. The lowest BCUT2D eigenvalue weighted by Crippen LogP contribution is -2.15. The van der Waals surface area contributed by atoms with Crippen LogP contribution in [0, 0.1) is 20.8 Å². The lowest BCUT2D eigenvalue weighted by Gasteiger charge is -2.10. The molecule has 0 aliphatic carbocycles. The summed E-state index contributed by atoms with van der Waals surface area (Å²) in [6, 6.07) is 15.8. The molecule has 0 saturated carbocycles. The first kappa shape index (κ1) is 21.5. The van der Waals surface area contributed by atoms with Gasteiger partial charge in [-0.1, -0.05) is 29.8 Å². The second-order valence-electron chi connectivity index (χ2n) is 7.48. The summed E-state index contributed by atoms with van der Waals surface area (Å²) >= 11 is 0. The molecule has 32 heavy (non-hydrogen) atoms. The van der Waals surface area contributed by atoms with Crippen molar-refractivity contribution >= 4 is 15.7 Å². The summed E-state index contributed by atoms with van der Waals surface area (Å²) in [5.74, 6) is 1.45. The topological polar surface area (TPSA) is 99.0 Å². The van der Waals surface area contributed by atoms with Crippen LogP contribution in [0.4, 0.5) is 5.69 Å². The molecule has 4 aromatic rings. The molecule has 0 atom stereocenters. The van der Waals surface area contributed by atoms with Crippen LogP contribution in [-0.2, 0) is 15.8 Å². The molecule has 4 rings (SSSR count). The highest BCUT2D eigenvalue weighted by molar-refractivity contribution is 7.91. The number of benzene rings is 2. The smallest absolute Gasteiger partial charge is 0.236 e. The van der Waals surface area contributed by atoms with Gasteiger partial charge < -0.3 is 4.74 Å². The minimum absolute atomic E-state index is 0.0935. The predicted octanol–water partition coefficient (Wildman–Crippen LogP) is 4.32. The molecule has 0 unspecified atom stereocenters. The number of aryl methyl sites for hydroxylation is 2. The molecule has 0 bridgehead atoms. The second-order valence-corrected chi connectivity index (χ2v) is 9.20. The van der Waals surface area contributed by atoms with Gasteiger partial charge in [0, 0.05) is 17.4 Å². The molecule has 0 spiro atoms. The Kier molecular flexibility index (Phi) is 5.91. The number of hydrogen-bond donors (Lipinski definition) is 1. The molecule has 1 N–H and O–H groups in total. The van der Waals surface area contributed by atoms with Gasteiger partial charge >= 0.3 is 0 Å². The van der Waals surface area contributed by atoms with Crippen molar-refractivity contribution in [2.75, 3.05) is 4.72 Å². The average molecular weight is 450 g/mol. The van der Waals surface area contributed by atoms with Gasteiger partial charge in [-0.3, -0.25) is 9.29 Å². The van der Waals surface area contributed by atoms with E-state index >= 15 is 0 Å². The van der Waals surface area contributed by atoms with Crippen LogP contribution in [0.1, 0.15) is 22.5 Å². The van der Waals surface area contributed by atoms with E-state index in [0.717, 1.165) is 22.5 Å². The van der Waals surface area contributed by atoms with Crippen LogP contribution >= 0.6 is 0 Å². The van der Waals surface area contributed by atoms with E-state index < -0.39 is 10.0 Å². The van der Waals surface area contributed by atoms with E-state index in [2.05, 4.69) is 19.7 Å². The number of hydrogen-bond acceptors (Lipinski definition) is 6. The fourth-order valence-corrected chi connectivity index (χ4v) is 4.38. The summed E-state index contributed by atoms with van der Waals surface area (Å²) in [4.78, 5) is 12.7. The summed E-state index contributed by atoms with van der Waals surface area (Å²) in [5.41, 5.74) is 4.12. The minimum Gasteiger partial charge on any atom is -0.439 e. The molecule has 0 radical (unpaired) electrons. The van der Waals surface area contributed by atoms with Crippen LogP contribution < -0.4 is 9.46 Å². The molecule has 2 aromatic heterocycles. The van der Waals surface area contributed by atoms with Crippen molar-refractivity contribution in [3.05, 3.63) is 89.8 Å². The Hall–Kier alpha value is -3.72. The average Bonchev–Trinajstić information content (AvgIpc) is 3.08. The minimum atomic E-state index is -3.53. The van der Waals surface area contributed by atoms with Crippen molar-refractivity contribution in [2.24, 2.45) is 0 Å². The SMILES string of the molecule is Cc1cccc(CS(=O)(=O)Nc2ccc(Oc3cc(-n4cnc(C)c4C)ncn3)cc2)c1.